The van der Waals surface area contributed by atoms with Crippen molar-refractivity contribution in [3.63, 3.8) is 0 Å². The summed E-state index contributed by atoms with van der Waals surface area (Å²) in [5.74, 6) is 0. The second-order valence-electron chi connectivity index (χ2n) is 15.9. The summed E-state index contributed by atoms with van der Waals surface area (Å²) in [6.07, 6.45) is 0. The van der Waals surface area contributed by atoms with Crippen molar-refractivity contribution in [2.24, 2.45) is 0 Å². The van der Waals surface area contributed by atoms with E-state index < -0.39 is 10.8 Å². The van der Waals surface area contributed by atoms with E-state index in [1.165, 1.54) is 105 Å². The van der Waals surface area contributed by atoms with E-state index in [1.54, 1.807) is 0 Å². The molecule has 2 heterocycles. The van der Waals surface area contributed by atoms with Gasteiger partial charge in [-0.3, -0.25) is 0 Å². The van der Waals surface area contributed by atoms with E-state index in [0.717, 1.165) is 0 Å². The van der Waals surface area contributed by atoms with Crippen LogP contribution in [0, 0.1) is 0 Å². The fraction of sp³-hybridized carbons (Fsp3) is 0.0357. The monoisotopic (exact) mass is 721 g/mol. The molecule has 1 nitrogen and oxygen atoms in total. The minimum atomic E-state index is -0.485. The van der Waals surface area contributed by atoms with Gasteiger partial charge in [0.25, 0.3) is 0 Å². The molecular weight excluding hydrogens is 687 g/mol. The van der Waals surface area contributed by atoms with Crippen molar-refractivity contribution in [3.05, 3.63) is 257 Å². The molecule has 1 aromatic heterocycles. The summed E-state index contributed by atoms with van der Waals surface area (Å²) in [5, 5.41) is 2.60. The molecule has 0 fully saturated rings. The molecule has 3 aliphatic rings. The molecule has 0 amide bonds. The van der Waals surface area contributed by atoms with Crippen LogP contribution in [0.5, 0.6) is 0 Å². The Kier molecular flexibility index (Phi) is 6.09. The molecule has 1 spiro atoms. The van der Waals surface area contributed by atoms with Crippen LogP contribution in [-0.2, 0) is 10.8 Å². The zero-order valence-corrected chi connectivity index (χ0v) is 31.2. The zero-order chi connectivity index (χ0) is 37.3. The van der Waals surface area contributed by atoms with Gasteiger partial charge in [0, 0.05) is 10.8 Å². The maximum atomic E-state index is 2.52. The Labute approximate surface area is 331 Å². The Morgan fingerprint density at radius 3 is 1.60 bits per heavy atom. The average molecular weight is 722 g/mol. The largest absolute Gasteiger partial charge is 0.309 e. The van der Waals surface area contributed by atoms with Gasteiger partial charge >= 0.3 is 0 Å². The molecule has 57 heavy (non-hydrogen) atoms. The van der Waals surface area contributed by atoms with E-state index in [2.05, 4.69) is 217 Å². The highest BCUT2D eigenvalue weighted by Gasteiger charge is 2.51. The van der Waals surface area contributed by atoms with Gasteiger partial charge in [0.05, 0.1) is 27.6 Å². The molecular formula is C56H35N. The van der Waals surface area contributed by atoms with Crippen molar-refractivity contribution >= 4 is 21.8 Å². The van der Waals surface area contributed by atoms with Gasteiger partial charge < -0.3 is 4.57 Å². The van der Waals surface area contributed by atoms with Crippen molar-refractivity contribution in [2.75, 3.05) is 0 Å². The van der Waals surface area contributed by atoms with Crippen LogP contribution in [0.4, 0.5) is 0 Å². The first-order chi connectivity index (χ1) is 28.3. The third-order valence-corrected chi connectivity index (χ3v) is 13.5. The quantitative estimate of drug-likeness (QED) is 0.171. The number of nitrogens with zero attached hydrogens (tertiary/aromatic N) is 1. The number of aromatic nitrogens is 1. The molecule has 0 N–H and O–H groups in total. The van der Waals surface area contributed by atoms with Crippen LogP contribution in [0.1, 0.15) is 44.5 Å². The molecule has 0 radical (unpaired) electrons. The van der Waals surface area contributed by atoms with E-state index >= 15 is 0 Å². The van der Waals surface area contributed by atoms with E-state index in [1.807, 2.05) is 0 Å². The van der Waals surface area contributed by atoms with Crippen molar-refractivity contribution in [2.45, 2.75) is 10.8 Å². The van der Waals surface area contributed by atoms with Crippen LogP contribution in [0.15, 0.2) is 212 Å². The summed E-state index contributed by atoms with van der Waals surface area (Å²) in [7, 11) is 0. The molecule has 10 aromatic rings. The van der Waals surface area contributed by atoms with E-state index in [4.69, 9.17) is 0 Å². The average Bonchev–Trinajstić information content (AvgIpc) is 3.89. The van der Waals surface area contributed by atoms with E-state index in [0.29, 0.717) is 0 Å². The summed E-state index contributed by atoms with van der Waals surface area (Å²) in [6, 6.07) is 79.9. The summed E-state index contributed by atoms with van der Waals surface area (Å²) >= 11 is 0. The standard InChI is InChI=1S/C56H35N/c1-3-16-38(17-4-1)55(39-18-5-2-6-19-39)46-24-10-8-21-41(46)45-34-36(31-33-48(45)55)37-30-32-42-40-20-7-11-25-47(40)56(51(42)35-37)49-26-12-14-29-53(49)57-52-28-13-9-22-43(52)44-23-15-27-50(56)54(44)57/h1-35H. The highest BCUT2D eigenvalue weighted by molar-refractivity contribution is 6.13. The van der Waals surface area contributed by atoms with Crippen molar-refractivity contribution < 1.29 is 0 Å². The molecule has 1 atom stereocenters. The van der Waals surface area contributed by atoms with Gasteiger partial charge in [-0.2, -0.15) is 0 Å². The second kappa shape index (κ2) is 11.2. The Balaban J connectivity index is 1.09. The Hall–Kier alpha value is -7.22. The molecule has 0 saturated heterocycles. The van der Waals surface area contributed by atoms with Crippen LogP contribution in [0.2, 0.25) is 0 Å². The molecule has 9 aromatic carbocycles. The van der Waals surface area contributed by atoms with Crippen LogP contribution >= 0.6 is 0 Å². The lowest BCUT2D eigenvalue weighted by atomic mass is 9.65. The molecule has 0 bridgehead atoms. The Bertz CT molecular complexity index is 3260. The topological polar surface area (TPSA) is 4.93 Å². The van der Waals surface area contributed by atoms with Crippen molar-refractivity contribution in [1.29, 1.82) is 0 Å². The predicted octanol–water partition coefficient (Wildman–Crippen LogP) is 13.5. The molecule has 13 rings (SSSR count). The Morgan fingerprint density at radius 1 is 0.298 bits per heavy atom. The molecule has 0 saturated carbocycles. The fourth-order valence-electron chi connectivity index (χ4n) is 11.4. The lowest BCUT2D eigenvalue weighted by Gasteiger charge is -2.39. The fourth-order valence-corrected chi connectivity index (χ4v) is 11.4. The number of rotatable bonds is 3. The van der Waals surface area contributed by atoms with Gasteiger partial charge in [0.15, 0.2) is 0 Å². The lowest BCUT2D eigenvalue weighted by molar-refractivity contribution is 0.749. The molecule has 1 heteroatoms. The van der Waals surface area contributed by atoms with Crippen LogP contribution in [0.25, 0.3) is 60.9 Å². The van der Waals surface area contributed by atoms with Gasteiger partial charge in [0.1, 0.15) is 0 Å². The van der Waals surface area contributed by atoms with Crippen LogP contribution in [0.3, 0.4) is 0 Å². The predicted molar refractivity (Wildman–Crippen MR) is 234 cm³/mol. The Morgan fingerprint density at radius 2 is 0.825 bits per heavy atom. The first-order valence-electron chi connectivity index (χ1n) is 20.0. The highest BCUT2D eigenvalue weighted by Crippen LogP contribution is 2.62. The van der Waals surface area contributed by atoms with Crippen molar-refractivity contribution in [1.82, 2.24) is 4.57 Å². The summed E-state index contributed by atoms with van der Waals surface area (Å²) in [6.45, 7) is 0. The van der Waals surface area contributed by atoms with Gasteiger partial charge in [-0.1, -0.05) is 188 Å². The second-order valence-corrected chi connectivity index (χ2v) is 15.9. The molecule has 1 aliphatic heterocycles. The summed E-state index contributed by atoms with van der Waals surface area (Å²) in [4.78, 5) is 0. The normalized spacial score (nSPS) is 16.3. The van der Waals surface area contributed by atoms with Gasteiger partial charge in [-0.15, -0.1) is 0 Å². The van der Waals surface area contributed by atoms with Gasteiger partial charge in [-0.05, 0) is 102 Å². The highest BCUT2D eigenvalue weighted by atomic mass is 15.0. The van der Waals surface area contributed by atoms with Gasteiger partial charge in [-0.25, -0.2) is 0 Å². The summed E-state index contributed by atoms with van der Waals surface area (Å²) in [5.41, 5.74) is 21.2. The maximum absolute atomic E-state index is 2.52. The lowest BCUT2D eigenvalue weighted by Crippen LogP contribution is -2.33. The first kappa shape index (κ1) is 31.0. The number of para-hydroxylation sites is 3. The van der Waals surface area contributed by atoms with Crippen LogP contribution < -0.4 is 0 Å². The number of benzene rings is 9. The number of hydrogen-bond donors (Lipinski definition) is 0. The maximum Gasteiger partial charge on any atom is 0.0754 e. The van der Waals surface area contributed by atoms with Gasteiger partial charge in [0.2, 0.25) is 0 Å². The third kappa shape index (κ3) is 3.75. The van der Waals surface area contributed by atoms with Crippen LogP contribution in [-0.4, -0.2) is 4.57 Å². The number of hydrogen-bond acceptors (Lipinski definition) is 0. The molecule has 2 aliphatic carbocycles. The zero-order valence-electron chi connectivity index (χ0n) is 31.2. The first-order valence-corrected chi connectivity index (χ1v) is 20.0. The molecule has 1 unspecified atom stereocenters. The van der Waals surface area contributed by atoms with E-state index in [9.17, 15) is 0 Å². The SMILES string of the molecule is c1ccc(C2(c3ccccc3)c3ccccc3-c3cc(-c4ccc5c(c4)C4(c6ccccc6-5)c5ccccc5-n5c6ccccc6c6cccc4c65)ccc32)cc1. The van der Waals surface area contributed by atoms with Crippen molar-refractivity contribution in [3.8, 4) is 39.1 Å². The minimum absolute atomic E-state index is 0.417. The summed E-state index contributed by atoms with van der Waals surface area (Å²) < 4.78 is 2.52. The minimum Gasteiger partial charge on any atom is -0.309 e. The molecule has 264 valence electrons. The number of fused-ring (bicyclic) bond motifs is 15. The van der Waals surface area contributed by atoms with E-state index in [-0.39, 0.29) is 0 Å². The smallest absolute Gasteiger partial charge is 0.0754 e. The third-order valence-electron chi connectivity index (χ3n) is 13.5.